The predicted molar refractivity (Wildman–Crippen MR) is 83.3 cm³/mol. The highest BCUT2D eigenvalue weighted by atomic mass is 35.5. The summed E-state index contributed by atoms with van der Waals surface area (Å²) < 4.78 is 5.79. The van der Waals surface area contributed by atoms with Crippen molar-refractivity contribution in [2.75, 3.05) is 18.5 Å². The van der Waals surface area contributed by atoms with Gasteiger partial charge in [0, 0.05) is 17.3 Å². The monoisotopic (exact) mass is 297 g/mol. The molecule has 2 rings (SSSR count). The zero-order chi connectivity index (χ0) is 14.4. The van der Waals surface area contributed by atoms with Crippen LogP contribution in [0.25, 0.3) is 0 Å². The molecule has 0 spiro atoms. The maximum Gasteiger partial charge on any atom is 0.0945 e. The molecule has 4 heteroatoms. The summed E-state index contributed by atoms with van der Waals surface area (Å²) in [6.45, 7) is 3.16. The van der Waals surface area contributed by atoms with E-state index < -0.39 is 6.10 Å². The van der Waals surface area contributed by atoms with Crippen molar-refractivity contribution in [1.29, 1.82) is 0 Å². The molecule has 0 aromatic heterocycles. The lowest BCUT2D eigenvalue weighted by molar-refractivity contribution is -0.0245. The van der Waals surface area contributed by atoms with Crippen molar-refractivity contribution in [3.63, 3.8) is 0 Å². The third-order valence-electron chi connectivity index (χ3n) is 3.85. The van der Waals surface area contributed by atoms with Gasteiger partial charge in [0.25, 0.3) is 0 Å². The Labute approximate surface area is 126 Å². The van der Waals surface area contributed by atoms with Gasteiger partial charge in [-0.3, -0.25) is 0 Å². The SMILES string of the molecule is CC1CCC(OCC(O)CNc2cccc(Cl)c2)CC1. The highest BCUT2D eigenvalue weighted by molar-refractivity contribution is 6.30. The number of aliphatic hydroxyl groups excluding tert-OH is 1. The van der Waals surface area contributed by atoms with Gasteiger partial charge in [-0.05, 0) is 49.8 Å². The van der Waals surface area contributed by atoms with Crippen LogP contribution in [0.2, 0.25) is 5.02 Å². The Morgan fingerprint density at radius 1 is 1.35 bits per heavy atom. The molecule has 3 nitrogen and oxygen atoms in total. The number of nitrogens with one attached hydrogen (secondary N) is 1. The fraction of sp³-hybridized carbons (Fsp3) is 0.625. The Kier molecular flexibility index (Phi) is 6.14. The Morgan fingerprint density at radius 2 is 2.10 bits per heavy atom. The molecule has 112 valence electrons. The molecule has 0 saturated heterocycles. The summed E-state index contributed by atoms with van der Waals surface area (Å²) in [5.41, 5.74) is 0.919. The standard InChI is InChI=1S/C16H24ClNO2/c1-12-5-7-16(8-6-12)20-11-15(19)10-18-14-4-2-3-13(17)9-14/h2-4,9,12,15-16,18-19H,5-8,10-11H2,1H3. The van der Waals surface area contributed by atoms with Crippen LogP contribution in [0.4, 0.5) is 5.69 Å². The van der Waals surface area contributed by atoms with E-state index in [2.05, 4.69) is 12.2 Å². The third-order valence-corrected chi connectivity index (χ3v) is 4.09. The van der Waals surface area contributed by atoms with Gasteiger partial charge in [-0.25, -0.2) is 0 Å². The molecule has 1 fully saturated rings. The Hall–Kier alpha value is -0.770. The minimum atomic E-state index is -0.492. The summed E-state index contributed by atoms with van der Waals surface area (Å²) in [4.78, 5) is 0. The minimum Gasteiger partial charge on any atom is -0.389 e. The first-order chi connectivity index (χ1) is 9.63. The van der Waals surface area contributed by atoms with E-state index in [1.165, 1.54) is 12.8 Å². The lowest BCUT2D eigenvalue weighted by Gasteiger charge is -2.27. The Balaban J connectivity index is 1.64. The molecule has 0 bridgehead atoms. The number of aliphatic hydroxyl groups is 1. The number of benzene rings is 1. The normalized spacial score (nSPS) is 24.4. The second kappa shape index (κ2) is 7.87. The predicted octanol–water partition coefficient (Wildman–Crippen LogP) is 3.71. The number of halogens is 1. The van der Waals surface area contributed by atoms with E-state index in [0.717, 1.165) is 24.4 Å². The van der Waals surface area contributed by atoms with E-state index in [4.69, 9.17) is 16.3 Å². The number of hydrogen-bond donors (Lipinski definition) is 2. The summed E-state index contributed by atoms with van der Waals surface area (Å²) in [6.07, 6.45) is 4.55. The molecule has 1 aliphatic rings. The van der Waals surface area contributed by atoms with E-state index in [9.17, 15) is 5.11 Å². The van der Waals surface area contributed by atoms with Gasteiger partial charge in [0.2, 0.25) is 0 Å². The topological polar surface area (TPSA) is 41.5 Å². The third kappa shape index (κ3) is 5.31. The summed E-state index contributed by atoms with van der Waals surface area (Å²) in [6, 6.07) is 7.49. The number of ether oxygens (including phenoxy) is 1. The van der Waals surface area contributed by atoms with Crippen LogP contribution >= 0.6 is 11.6 Å². The summed E-state index contributed by atoms with van der Waals surface area (Å²) in [7, 11) is 0. The van der Waals surface area contributed by atoms with Crippen LogP contribution in [-0.4, -0.2) is 30.5 Å². The van der Waals surface area contributed by atoms with Crippen LogP contribution < -0.4 is 5.32 Å². The van der Waals surface area contributed by atoms with Crippen LogP contribution in [0.15, 0.2) is 24.3 Å². The molecule has 20 heavy (non-hydrogen) atoms. The van der Waals surface area contributed by atoms with Crippen LogP contribution in [0.3, 0.4) is 0 Å². The van der Waals surface area contributed by atoms with Crippen LogP contribution in [0.1, 0.15) is 32.6 Å². The molecule has 0 amide bonds. The van der Waals surface area contributed by atoms with Gasteiger partial charge in [-0.15, -0.1) is 0 Å². The van der Waals surface area contributed by atoms with E-state index >= 15 is 0 Å². The fourth-order valence-corrected chi connectivity index (χ4v) is 2.73. The molecule has 1 aromatic rings. The average Bonchev–Trinajstić information content (AvgIpc) is 2.45. The van der Waals surface area contributed by atoms with Gasteiger partial charge in [0.15, 0.2) is 0 Å². The molecule has 1 saturated carbocycles. The van der Waals surface area contributed by atoms with Gasteiger partial charge in [0.05, 0.1) is 18.8 Å². The summed E-state index contributed by atoms with van der Waals surface area (Å²) in [5, 5.41) is 13.8. The molecule has 0 radical (unpaired) electrons. The Morgan fingerprint density at radius 3 is 2.80 bits per heavy atom. The average molecular weight is 298 g/mol. The summed E-state index contributed by atoms with van der Waals surface area (Å²) in [5.74, 6) is 0.823. The van der Waals surface area contributed by atoms with E-state index in [-0.39, 0.29) is 0 Å². The molecule has 1 aliphatic carbocycles. The highest BCUT2D eigenvalue weighted by Crippen LogP contribution is 2.25. The van der Waals surface area contributed by atoms with E-state index in [0.29, 0.717) is 24.3 Å². The van der Waals surface area contributed by atoms with Crippen LogP contribution in [-0.2, 0) is 4.74 Å². The maximum atomic E-state index is 9.94. The second-order valence-electron chi connectivity index (χ2n) is 5.76. The van der Waals surface area contributed by atoms with Crippen molar-refractivity contribution in [3.05, 3.63) is 29.3 Å². The fourth-order valence-electron chi connectivity index (χ4n) is 2.54. The molecule has 1 atom stereocenters. The molecule has 1 aromatic carbocycles. The summed E-state index contributed by atoms with van der Waals surface area (Å²) >= 11 is 5.91. The van der Waals surface area contributed by atoms with Crippen molar-refractivity contribution in [2.45, 2.75) is 44.8 Å². The minimum absolute atomic E-state index is 0.326. The van der Waals surface area contributed by atoms with Gasteiger partial charge < -0.3 is 15.2 Å². The van der Waals surface area contributed by atoms with Crippen molar-refractivity contribution in [3.8, 4) is 0 Å². The smallest absolute Gasteiger partial charge is 0.0945 e. The van der Waals surface area contributed by atoms with Crippen LogP contribution in [0, 0.1) is 5.92 Å². The zero-order valence-corrected chi connectivity index (χ0v) is 12.8. The first-order valence-corrected chi connectivity index (χ1v) is 7.80. The highest BCUT2D eigenvalue weighted by Gasteiger charge is 2.19. The first kappa shape index (κ1) is 15.6. The molecular formula is C16H24ClNO2. The van der Waals surface area contributed by atoms with Crippen molar-refractivity contribution < 1.29 is 9.84 Å². The van der Waals surface area contributed by atoms with Crippen molar-refractivity contribution in [1.82, 2.24) is 0 Å². The second-order valence-corrected chi connectivity index (χ2v) is 6.20. The van der Waals surface area contributed by atoms with Crippen molar-refractivity contribution in [2.24, 2.45) is 5.92 Å². The van der Waals surface area contributed by atoms with E-state index in [1.54, 1.807) is 0 Å². The largest absolute Gasteiger partial charge is 0.389 e. The molecule has 0 aliphatic heterocycles. The molecular weight excluding hydrogens is 274 g/mol. The molecule has 1 unspecified atom stereocenters. The molecule has 2 N–H and O–H groups in total. The van der Waals surface area contributed by atoms with Gasteiger partial charge in [-0.2, -0.15) is 0 Å². The number of hydrogen-bond acceptors (Lipinski definition) is 3. The van der Waals surface area contributed by atoms with Gasteiger partial charge >= 0.3 is 0 Å². The number of anilines is 1. The quantitative estimate of drug-likeness (QED) is 0.841. The lowest BCUT2D eigenvalue weighted by atomic mass is 9.89. The van der Waals surface area contributed by atoms with E-state index in [1.807, 2.05) is 24.3 Å². The zero-order valence-electron chi connectivity index (χ0n) is 12.0. The first-order valence-electron chi connectivity index (χ1n) is 7.42. The van der Waals surface area contributed by atoms with Crippen molar-refractivity contribution >= 4 is 17.3 Å². The van der Waals surface area contributed by atoms with Gasteiger partial charge in [0.1, 0.15) is 0 Å². The lowest BCUT2D eigenvalue weighted by Crippen LogP contribution is -2.29. The maximum absolute atomic E-state index is 9.94. The Bertz CT molecular complexity index is 405. The number of rotatable bonds is 6. The molecule has 0 heterocycles. The van der Waals surface area contributed by atoms with Crippen LogP contribution in [0.5, 0.6) is 0 Å². The van der Waals surface area contributed by atoms with Gasteiger partial charge in [-0.1, -0.05) is 24.6 Å².